The molecule has 0 aliphatic heterocycles. The molecule has 0 fully saturated rings. The van der Waals surface area contributed by atoms with Crippen molar-refractivity contribution in [3.63, 3.8) is 0 Å². The maximum atomic E-state index is 13.2. The second-order valence-electron chi connectivity index (χ2n) is 6.82. The van der Waals surface area contributed by atoms with Gasteiger partial charge < -0.3 is 9.80 Å². The van der Waals surface area contributed by atoms with E-state index in [1.54, 1.807) is 17.5 Å². The lowest BCUT2D eigenvalue weighted by molar-refractivity contribution is 0.0752. The first-order valence-corrected chi connectivity index (χ1v) is 9.94. The number of hydrogen-bond acceptors (Lipinski definition) is 4. The second kappa shape index (κ2) is 7.96. The van der Waals surface area contributed by atoms with Crippen molar-refractivity contribution in [1.82, 2.24) is 14.5 Å². The summed E-state index contributed by atoms with van der Waals surface area (Å²) in [7, 11) is 4.05. The standard InChI is InChI=1S/C21H26N4OS/c1-6-24(14-17-7-9-18(10-8-17)23(4)5)20(26)19-13-15(2)25(16(19)3)21-22-11-12-27-21/h7-13H,6,14H2,1-5H3. The lowest BCUT2D eigenvalue weighted by Crippen LogP contribution is -2.30. The molecule has 0 saturated heterocycles. The summed E-state index contributed by atoms with van der Waals surface area (Å²) in [5, 5.41) is 2.84. The molecule has 0 saturated carbocycles. The Morgan fingerprint density at radius 1 is 1.19 bits per heavy atom. The smallest absolute Gasteiger partial charge is 0.255 e. The van der Waals surface area contributed by atoms with Crippen molar-refractivity contribution < 1.29 is 4.79 Å². The predicted octanol–water partition coefficient (Wildman–Crippen LogP) is 4.28. The van der Waals surface area contributed by atoms with Gasteiger partial charge in [-0.15, -0.1) is 11.3 Å². The van der Waals surface area contributed by atoms with Crippen LogP contribution >= 0.6 is 11.3 Å². The Bertz CT molecular complexity index is 911. The molecule has 0 N–H and O–H groups in total. The summed E-state index contributed by atoms with van der Waals surface area (Å²) in [4.78, 5) is 21.5. The first-order chi connectivity index (χ1) is 12.9. The van der Waals surface area contributed by atoms with Gasteiger partial charge in [-0.2, -0.15) is 0 Å². The molecule has 0 bridgehead atoms. The zero-order valence-corrected chi connectivity index (χ0v) is 17.4. The number of benzene rings is 1. The molecule has 3 rings (SSSR count). The number of anilines is 1. The van der Waals surface area contributed by atoms with E-state index in [1.165, 1.54) is 0 Å². The summed E-state index contributed by atoms with van der Waals surface area (Å²) >= 11 is 1.57. The Labute approximate surface area is 164 Å². The van der Waals surface area contributed by atoms with E-state index in [1.807, 2.05) is 51.2 Å². The van der Waals surface area contributed by atoms with E-state index in [2.05, 4.69) is 38.7 Å². The molecule has 6 heteroatoms. The summed E-state index contributed by atoms with van der Waals surface area (Å²) in [5.41, 5.74) is 4.99. The SMILES string of the molecule is CCN(Cc1ccc(N(C)C)cc1)C(=O)c1cc(C)n(-c2nccs2)c1C. The van der Waals surface area contributed by atoms with Crippen molar-refractivity contribution in [2.75, 3.05) is 25.5 Å². The van der Waals surface area contributed by atoms with Crippen LogP contribution in [0.25, 0.3) is 5.13 Å². The lowest BCUT2D eigenvalue weighted by atomic mass is 10.1. The fourth-order valence-corrected chi connectivity index (χ4v) is 3.97. The molecule has 2 aromatic heterocycles. The minimum absolute atomic E-state index is 0.0603. The number of hydrogen-bond donors (Lipinski definition) is 0. The molecule has 2 heterocycles. The molecule has 0 atom stereocenters. The highest BCUT2D eigenvalue weighted by atomic mass is 32.1. The Hall–Kier alpha value is -2.60. The van der Waals surface area contributed by atoms with E-state index in [0.717, 1.165) is 33.3 Å². The van der Waals surface area contributed by atoms with Gasteiger partial charge in [0, 0.05) is 55.8 Å². The van der Waals surface area contributed by atoms with Gasteiger partial charge in [-0.05, 0) is 44.5 Å². The van der Waals surface area contributed by atoms with Crippen LogP contribution in [0, 0.1) is 13.8 Å². The molecule has 142 valence electrons. The van der Waals surface area contributed by atoms with Crippen LogP contribution in [0.1, 0.15) is 34.2 Å². The van der Waals surface area contributed by atoms with Crippen LogP contribution in [0.5, 0.6) is 0 Å². The third kappa shape index (κ3) is 3.90. The molecule has 3 aromatic rings. The van der Waals surface area contributed by atoms with Gasteiger partial charge in [0.15, 0.2) is 5.13 Å². The van der Waals surface area contributed by atoms with E-state index >= 15 is 0 Å². The van der Waals surface area contributed by atoms with Gasteiger partial charge in [-0.25, -0.2) is 4.98 Å². The average molecular weight is 383 g/mol. The summed E-state index contributed by atoms with van der Waals surface area (Å²) in [6, 6.07) is 10.3. The van der Waals surface area contributed by atoms with Gasteiger partial charge >= 0.3 is 0 Å². The molecule has 0 aliphatic rings. The minimum Gasteiger partial charge on any atom is -0.378 e. The third-order valence-corrected chi connectivity index (χ3v) is 5.52. The van der Waals surface area contributed by atoms with Crippen LogP contribution in [0.15, 0.2) is 41.9 Å². The van der Waals surface area contributed by atoms with Crippen LogP contribution in [-0.2, 0) is 6.54 Å². The van der Waals surface area contributed by atoms with Gasteiger partial charge in [0.05, 0.1) is 5.56 Å². The molecule has 27 heavy (non-hydrogen) atoms. The van der Waals surface area contributed by atoms with Crippen LogP contribution in [0.4, 0.5) is 5.69 Å². The number of nitrogens with zero attached hydrogens (tertiary/aromatic N) is 4. The van der Waals surface area contributed by atoms with Gasteiger partial charge in [0.1, 0.15) is 0 Å². The van der Waals surface area contributed by atoms with E-state index in [0.29, 0.717) is 13.1 Å². The number of aryl methyl sites for hydroxylation is 1. The van der Waals surface area contributed by atoms with Gasteiger partial charge in [0.25, 0.3) is 5.91 Å². The van der Waals surface area contributed by atoms with Crippen molar-refractivity contribution in [1.29, 1.82) is 0 Å². The highest BCUT2D eigenvalue weighted by molar-refractivity contribution is 7.12. The number of rotatable bonds is 6. The topological polar surface area (TPSA) is 41.4 Å². The zero-order chi connectivity index (χ0) is 19.6. The second-order valence-corrected chi connectivity index (χ2v) is 7.69. The van der Waals surface area contributed by atoms with Crippen LogP contribution in [-0.4, -0.2) is 41.0 Å². The molecule has 0 spiro atoms. The van der Waals surface area contributed by atoms with E-state index < -0.39 is 0 Å². The Balaban J connectivity index is 1.84. The Morgan fingerprint density at radius 2 is 1.89 bits per heavy atom. The Morgan fingerprint density at radius 3 is 2.44 bits per heavy atom. The number of amides is 1. The van der Waals surface area contributed by atoms with Gasteiger partial charge in [-0.3, -0.25) is 9.36 Å². The molecule has 0 radical (unpaired) electrons. The first-order valence-electron chi connectivity index (χ1n) is 9.06. The average Bonchev–Trinajstić information content (AvgIpc) is 3.27. The molecular formula is C21H26N4OS. The highest BCUT2D eigenvalue weighted by Crippen LogP contribution is 2.24. The first kappa shape index (κ1) is 19.2. The highest BCUT2D eigenvalue weighted by Gasteiger charge is 2.22. The van der Waals surface area contributed by atoms with Crippen LogP contribution < -0.4 is 4.90 Å². The van der Waals surface area contributed by atoms with Crippen molar-refractivity contribution in [2.45, 2.75) is 27.3 Å². The number of carbonyl (C=O) groups excluding carboxylic acids is 1. The van der Waals surface area contributed by atoms with Gasteiger partial charge in [-0.1, -0.05) is 12.1 Å². The van der Waals surface area contributed by atoms with Crippen molar-refractivity contribution in [3.8, 4) is 5.13 Å². The zero-order valence-electron chi connectivity index (χ0n) is 16.6. The molecule has 0 aliphatic carbocycles. The number of aromatic nitrogens is 2. The lowest BCUT2D eigenvalue weighted by Gasteiger charge is -2.22. The van der Waals surface area contributed by atoms with E-state index in [-0.39, 0.29) is 5.91 Å². The number of thiazole rings is 1. The Kier molecular flexibility index (Phi) is 5.65. The fraction of sp³-hybridized carbons (Fsp3) is 0.333. The van der Waals surface area contributed by atoms with E-state index in [4.69, 9.17) is 0 Å². The normalized spacial score (nSPS) is 10.9. The summed E-state index contributed by atoms with van der Waals surface area (Å²) in [6.45, 7) is 7.29. The molecule has 0 unspecified atom stereocenters. The van der Waals surface area contributed by atoms with Crippen LogP contribution in [0.2, 0.25) is 0 Å². The maximum absolute atomic E-state index is 13.2. The van der Waals surface area contributed by atoms with Crippen LogP contribution in [0.3, 0.4) is 0 Å². The number of carbonyl (C=O) groups is 1. The quantitative estimate of drug-likeness (QED) is 0.639. The van der Waals surface area contributed by atoms with Gasteiger partial charge in [0.2, 0.25) is 0 Å². The summed E-state index contributed by atoms with van der Waals surface area (Å²) in [6.07, 6.45) is 1.79. The molecule has 1 amide bonds. The van der Waals surface area contributed by atoms with Crippen molar-refractivity contribution in [2.24, 2.45) is 0 Å². The summed E-state index contributed by atoms with van der Waals surface area (Å²) < 4.78 is 2.05. The van der Waals surface area contributed by atoms with E-state index in [9.17, 15) is 4.79 Å². The molecular weight excluding hydrogens is 356 g/mol. The minimum atomic E-state index is 0.0603. The third-order valence-electron chi connectivity index (χ3n) is 4.77. The van der Waals surface area contributed by atoms with Crippen molar-refractivity contribution in [3.05, 3.63) is 64.4 Å². The summed E-state index contributed by atoms with van der Waals surface area (Å²) in [5.74, 6) is 0.0603. The largest absolute Gasteiger partial charge is 0.378 e. The maximum Gasteiger partial charge on any atom is 0.255 e. The monoisotopic (exact) mass is 382 g/mol. The molecule has 1 aromatic carbocycles. The molecule has 5 nitrogen and oxygen atoms in total. The predicted molar refractivity (Wildman–Crippen MR) is 112 cm³/mol. The van der Waals surface area contributed by atoms with Crippen molar-refractivity contribution >= 4 is 22.9 Å². The fourth-order valence-electron chi connectivity index (χ4n) is 3.22.